The lowest BCUT2D eigenvalue weighted by Crippen LogP contribution is -2.43. The third-order valence-electron chi connectivity index (χ3n) is 5.84. The molecule has 3 rings (SSSR count). The van der Waals surface area contributed by atoms with Gasteiger partial charge < -0.3 is 4.74 Å². The Morgan fingerprint density at radius 2 is 1.96 bits per heavy atom. The van der Waals surface area contributed by atoms with Crippen LogP contribution in [0, 0.1) is 0 Å². The highest BCUT2D eigenvalue weighted by Crippen LogP contribution is 2.34. The Balaban J connectivity index is 1.77. The number of hydrogen-bond acceptors (Lipinski definition) is 4. The summed E-state index contributed by atoms with van der Waals surface area (Å²) in [5.74, 6) is 0.725. The molecule has 1 aromatic heterocycles. The number of likely N-dealkylation sites (tertiary alicyclic amines) is 1. The second-order valence-corrected chi connectivity index (χ2v) is 9.29. The molecule has 0 aromatic carbocycles. The van der Waals surface area contributed by atoms with Gasteiger partial charge in [-0.25, -0.2) is 9.78 Å². The first-order valence-corrected chi connectivity index (χ1v) is 11.1. The number of carbonyl (C=O) groups excluding carboxylic acids is 1. The molecule has 1 aromatic rings. The lowest BCUT2D eigenvalue weighted by molar-refractivity contribution is 0.0564. The van der Waals surface area contributed by atoms with Gasteiger partial charge in [-0.1, -0.05) is 32.3 Å². The zero-order chi connectivity index (χ0) is 20.1. The second-order valence-electron chi connectivity index (χ2n) is 9.29. The maximum atomic E-state index is 12.9. The Morgan fingerprint density at radius 3 is 2.57 bits per heavy atom. The van der Waals surface area contributed by atoms with Crippen LogP contribution in [0.15, 0.2) is 18.3 Å². The number of ether oxygens (including phenoxy) is 1. The highest BCUT2D eigenvalue weighted by molar-refractivity contribution is 5.87. The van der Waals surface area contributed by atoms with Crippen LogP contribution in [0.4, 0.5) is 10.6 Å². The molecule has 28 heavy (non-hydrogen) atoms. The van der Waals surface area contributed by atoms with Crippen LogP contribution in [0.5, 0.6) is 0 Å². The average Bonchev–Trinajstić information content (AvgIpc) is 3.31. The summed E-state index contributed by atoms with van der Waals surface area (Å²) in [6.07, 6.45) is 11.0. The van der Waals surface area contributed by atoms with Crippen LogP contribution in [0.3, 0.4) is 0 Å². The van der Waals surface area contributed by atoms with E-state index in [9.17, 15) is 4.79 Å². The van der Waals surface area contributed by atoms with Gasteiger partial charge in [0.05, 0.1) is 0 Å². The minimum absolute atomic E-state index is 0.195. The first-order chi connectivity index (χ1) is 13.4. The summed E-state index contributed by atoms with van der Waals surface area (Å²) in [5, 5.41) is 0. The van der Waals surface area contributed by atoms with Crippen molar-refractivity contribution in [3.05, 3.63) is 23.9 Å². The molecule has 2 heterocycles. The van der Waals surface area contributed by atoms with Gasteiger partial charge in [-0.2, -0.15) is 0 Å². The van der Waals surface area contributed by atoms with Crippen LogP contribution >= 0.6 is 0 Å². The predicted octanol–water partition coefficient (Wildman–Crippen LogP) is 5.70. The van der Waals surface area contributed by atoms with E-state index in [0.29, 0.717) is 6.04 Å². The molecule has 0 bridgehead atoms. The van der Waals surface area contributed by atoms with Crippen molar-refractivity contribution >= 4 is 11.9 Å². The molecule has 1 aliphatic carbocycles. The van der Waals surface area contributed by atoms with Gasteiger partial charge in [0.15, 0.2) is 0 Å². The van der Waals surface area contributed by atoms with Gasteiger partial charge in [-0.15, -0.1) is 0 Å². The van der Waals surface area contributed by atoms with Crippen LogP contribution in [-0.4, -0.2) is 40.7 Å². The molecule has 1 saturated heterocycles. The highest BCUT2D eigenvalue weighted by atomic mass is 16.6. The average molecular weight is 388 g/mol. The van der Waals surface area contributed by atoms with E-state index in [0.717, 1.165) is 38.0 Å². The lowest BCUT2D eigenvalue weighted by Gasteiger charge is -2.31. The number of aromatic nitrogens is 1. The number of hydrogen-bond donors (Lipinski definition) is 0. The van der Waals surface area contributed by atoms with E-state index in [2.05, 4.69) is 17.9 Å². The van der Waals surface area contributed by atoms with Gasteiger partial charge in [0.1, 0.15) is 11.4 Å². The van der Waals surface area contributed by atoms with E-state index in [1.165, 1.54) is 37.8 Å². The Morgan fingerprint density at radius 1 is 1.21 bits per heavy atom. The minimum Gasteiger partial charge on any atom is -0.443 e. The van der Waals surface area contributed by atoms with Gasteiger partial charge in [-0.05, 0) is 77.6 Å². The molecule has 1 aliphatic heterocycles. The van der Waals surface area contributed by atoms with Gasteiger partial charge in [0.25, 0.3) is 0 Å². The zero-order valence-electron chi connectivity index (χ0n) is 18.1. The largest absolute Gasteiger partial charge is 0.443 e. The van der Waals surface area contributed by atoms with Gasteiger partial charge in [0.2, 0.25) is 0 Å². The van der Waals surface area contributed by atoms with E-state index in [-0.39, 0.29) is 12.1 Å². The first-order valence-electron chi connectivity index (χ1n) is 11.1. The highest BCUT2D eigenvalue weighted by Gasteiger charge is 2.33. The van der Waals surface area contributed by atoms with Crippen molar-refractivity contribution in [3.8, 4) is 0 Å². The Kier molecular flexibility index (Phi) is 6.97. The monoisotopic (exact) mass is 387 g/mol. The van der Waals surface area contributed by atoms with Crippen molar-refractivity contribution in [2.75, 3.05) is 18.0 Å². The molecule has 0 spiro atoms. The molecule has 2 fully saturated rings. The summed E-state index contributed by atoms with van der Waals surface area (Å²) in [4.78, 5) is 22.0. The zero-order valence-corrected chi connectivity index (χ0v) is 18.1. The molecular weight excluding hydrogens is 350 g/mol. The molecule has 0 N–H and O–H groups in total. The molecule has 0 unspecified atom stereocenters. The molecule has 156 valence electrons. The Bertz CT molecular complexity index is 632. The van der Waals surface area contributed by atoms with Crippen molar-refractivity contribution in [1.82, 2.24) is 9.88 Å². The van der Waals surface area contributed by atoms with Crippen molar-refractivity contribution < 1.29 is 9.53 Å². The second kappa shape index (κ2) is 9.25. The third kappa shape index (κ3) is 5.25. The summed E-state index contributed by atoms with van der Waals surface area (Å²) in [6.45, 7) is 10.3. The normalized spacial score (nSPS) is 21.2. The summed E-state index contributed by atoms with van der Waals surface area (Å²) in [7, 11) is 0. The topological polar surface area (TPSA) is 45.7 Å². The number of pyridine rings is 1. The molecule has 2 aliphatic rings. The molecule has 5 heteroatoms. The predicted molar refractivity (Wildman–Crippen MR) is 114 cm³/mol. The van der Waals surface area contributed by atoms with E-state index < -0.39 is 5.60 Å². The van der Waals surface area contributed by atoms with Crippen LogP contribution < -0.4 is 4.90 Å². The quantitative estimate of drug-likeness (QED) is 0.628. The Labute approximate surface area is 170 Å². The molecule has 5 nitrogen and oxygen atoms in total. The molecule has 1 saturated carbocycles. The number of anilines is 1. The number of rotatable bonds is 6. The third-order valence-corrected chi connectivity index (χ3v) is 5.84. The lowest BCUT2D eigenvalue weighted by atomic mass is 10.1. The van der Waals surface area contributed by atoms with Gasteiger partial charge in [0, 0.05) is 18.3 Å². The maximum Gasteiger partial charge on any atom is 0.416 e. The van der Waals surface area contributed by atoms with Crippen molar-refractivity contribution in [2.24, 2.45) is 0 Å². The fourth-order valence-electron chi connectivity index (χ4n) is 4.47. The van der Waals surface area contributed by atoms with Crippen LogP contribution in [0.25, 0.3) is 0 Å². The van der Waals surface area contributed by atoms with Crippen molar-refractivity contribution in [1.29, 1.82) is 0 Å². The molecule has 0 radical (unpaired) electrons. The summed E-state index contributed by atoms with van der Waals surface area (Å²) < 4.78 is 5.70. The summed E-state index contributed by atoms with van der Waals surface area (Å²) in [6, 6.07) is 4.85. The number of unbranched alkanes of at least 4 members (excludes halogenated alkanes) is 1. The van der Waals surface area contributed by atoms with E-state index in [4.69, 9.17) is 9.72 Å². The molecule has 1 atom stereocenters. The van der Waals surface area contributed by atoms with Crippen molar-refractivity contribution in [3.63, 3.8) is 0 Å². The van der Waals surface area contributed by atoms with Crippen molar-refractivity contribution in [2.45, 2.75) is 96.7 Å². The molecule has 1 amide bonds. The fourth-order valence-corrected chi connectivity index (χ4v) is 4.47. The van der Waals surface area contributed by atoms with E-state index in [1.54, 1.807) is 4.90 Å². The van der Waals surface area contributed by atoms with Crippen LogP contribution in [0.2, 0.25) is 0 Å². The summed E-state index contributed by atoms with van der Waals surface area (Å²) in [5.41, 5.74) is 0.769. The Hall–Kier alpha value is -1.62. The minimum atomic E-state index is -0.502. The van der Waals surface area contributed by atoms with Crippen LogP contribution in [0.1, 0.15) is 90.7 Å². The fraction of sp³-hybridized carbons (Fsp3) is 0.739. The number of carbonyl (C=O) groups is 1. The SMILES string of the molecule is CCCCN1CCC[C@H]1c1ccc(N(C(=O)OC(C)(C)C)C2CCCC2)nc1. The van der Waals surface area contributed by atoms with Crippen LogP contribution in [-0.2, 0) is 4.74 Å². The smallest absolute Gasteiger partial charge is 0.416 e. The maximum absolute atomic E-state index is 12.9. The number of amides is 1. The van der Waals surface area contributed by atoms with Gasteiger partial charge >= 0.3 is 6.09 Å². The first kappa shape index (κ1) is 21.1. The van der Waals surface area contributed by atoms with E-state index in [1.807, 2.05) is 33.0 Å². The van der Waals surface area contributed by atoms with Gasteiger partial charge in [-0.3, -0.25) is 9.80 Å². The standard InChI is InChI=1S/C23H37N3O2/c1-5-6-15-25-16-9-12-20(25)18-13-14-21(24-17-18)26(19-10-7-8-11-19)22(27)28-23(2,3)4/h13-14,17,19-20H,5-12,15-16H2,1-4H3/t20-/m0/s1. The molecular formula is C23H37N3O2. The van der Waals surface area contributed by atoms with E-state index >= 15 is 0 Å². The summed E-state index contributed by atoms with van der Waals surface area (Å²) >= 11 is 0. The number of nitrogens with zero attached hydrogens (tertiary/aromatic N) is 3.